The van der Waals surface area contributed by atoms with Gasteiger partial charge < -0.3 is 19.3 Å². The number of carbonyl (C=O) groups excluding carboxylic acids is 3. The van der Waals surface area contributed by atoms with Crippen LogP contribution in [0.2, 0.25) is 0 Å². The van der Waals surface area contributed by atoms with Gasteiger partial charge in [0.1, 0.15) is 6.10 Å². The Morgan fingerprint density at radius 1 is 0.959 bits per heavy atom. The maximum atomic E-state index is 14.2. The molecule has 0 radical (unpaired) electrons. The summed E-state index contributed by atoms with van der Waals surface area (Å²) in [6.07, 6.45) is -1.54. The Kier molecular flexibility index (Phi) is 11.5. The van der Waals surface area contributed by atoms with Gasteiger partial charge in [-0.1, -0.05) is 56.3 Å². The third-order valence-electron chi connectivity index (χ3n) is 8.23. The predicted octanol–water partition coefficient (Wildman–Crippen LogP) is 4.19. The lowest BCUT2D eigenvalue weighted by Gasteiger charge is -2.33. The Bertz CT molecular complexity index is 1770. The second kappa shape index (κ2) is 15.4. The number of rotatable bonds is 15. The van der Waals surface area contributed by atoms with Crippen molar-refractivity contribution in [3.8, 4) is 0 Å². The molecular formula is C34H39N2O11PS. The summed E-state index contributed by atoms with van der Waals surface area (Å²) in [6.45, 7) is 3.71. The molecule has 0 saturated carbocycles. The second-order valence-electron chi connectivity index (χ2n) is 12.5. The zero-order valence-corrected chi connectivity index (χ0v) is 28.8. The van der Waals surface area contributed by atoms with Crippen molar-refractivity contribution >= 4 is 41.3 Å². The minimum absolute atomic E-state index is 0.0502. The number of nitrogens with zero attached hydrogens (tertiary/aromatic N) is 2. The van der Waals surface area contributed by atoms with E-state index < -0.39 is 60.3 Å². The monoisotopic (exact) mass is 714 g/mol. The molecule has 3 aromatic rings. The standard InChI is InChI=1S/C34H39N2O11PS/c1-23(2)20-35(49(43,44)28-14-12-26(13-15-28)36-33(38)29-10-6-7-11-30(29)34(36)39)21-31(47-48(40,41)42)25(18-24-8-4-3-5-9-24)19-32(37)46-27-16-17-45-22-27/h3-15,23,25,27,31H,16-22H2,1-2H3,(H2,40,41,42)/t25-,27+,31-/m1/s1. The Hall–Kier alpha value is -3.75. The van der Waals surface area contributed by atoms with E-state index in [4.69, 9.17) is 14.0 Å². The van der Waals surface area contributed by atoms with E-state index in [9.17, 15) is 37.2 Å². The van der Waals surface area contributed by atoms with Crippen LogP contribution in [0.25, 0.3) is 0 Å². The van der Waals surface area contributed by atoms with Gasteiger partial charge in [0.2, 0.25) is 10.0 Å². The van der Waals surface area contributed by atoms with E-state index in [-0.39, 0.29) is 53.6 Å². The molecule has 3 atom stereocenters. The molecule has 2 heterocycles. The van der Waals surface area contributed by atoms with Crippen molar-refractivity contribution in [2.24, 2.45) is 11.8 Å². The van der Waals surface area contributed by atoms with Crippen molar-refractivity contribution < 1.29 is 51.2 Å². The van der Waals surface area contributed by atoms with Crippen LogP contribution in [-0.2, 0) is 39.8 Å². The second-order valence-corrected chi connectivity index (χ2v) is 15.6. The number of benzene rings is 3. The lowest BCUT2D eigenvalue weighted by Crippen LogP contribution is -2.44. The fraction of sp³-hybridized carbons (Fsp3) is 0.382. The Labute approximate surface area is 285 Å². The largest absolute Gasteiger partial charge is 0.469 e. The first kappa shape index (κ1) is 36.5. The molecule has 1 saturated heterocycles. The molecule has 2 N–H and O–H groups in total. The van der Waals surface area contributed by atoms with Crippen LogP contribution >= 0.6 is 7.82 Å². The zero-order valence-electron chi connectivity index (χ0n) is 27.1. The van der Waals surface area contributed by atoms with Crippen LogP contribution in [0.15, 0.2) is 83.8 Å². The van der Waals surface area contributed by atoms with Gasteiger partial charge in [-0.25, -0.2) is 17.9 Å². The number of anilines is 1. The van der Waals surface area contributed by atoms with Crippen molar-refractivity contribution in [1.29, 1.82) is 0 Å². The van der Waals surface area contributed by atoms with Gasteiger partial charge in [0.05, 0.1) is 47.4 Å². The molecule has 5 rings (SSSR count). The van der Waals surface area contributed by atoms with E-state index in [1.165, 1.54) is 24.3 Å². The van der Waals surface area contributed by atoms with Gasteiger partial charge in [0.25, 0.3) is 11.8 Å². The first-order valence-corrected chi connectivity index (χ1v) is 18.8. The molecule has 0 unspecified atom stereocenters. The van der Waals surface area contributed by atoms with Crippen LogP contribution in [-0.4, -0.2) is 78.8 Å². The maximum Gasteiger partial charge on any atom is 0.469 e. The first-order chi connectivity index (χ1) is 23.2. The zero-order chi connectivity index (χ0) is 35.3. The number of fused-ring (bicyclic) bond motifs is 1. The Morgan fingerprint density at radius 2 is 1.57 bits per heavy atom. The number of imide groups is 1. The van der Waals surface area contributed by atoms with E-state index in [1.807, 2.05) is 0 Å². The van der Waals surface area contributed by atoms with E-state index in [2.05, 4.69) is 0 Å². The molecule has 2 aliphatic heterocycles. The maximum absolute atomic E-state index is 14.2. The van der Waals surface area contributed by atoms with Crippen molar-refractivity contribution in [3.63, 3.8) is 0 Å². The molecule has 0 aliphatic carbocycles. The summed E-state index contributed by atoms with van der Waals surface area (Å²) in [5, 5.41) is 0. The average Bonchev–Trinajstić information content (AvgIpc) is 3.65. The topological polar surface area (TPSA) is 177 Å². The summed E-state index contributed by atoms with van der Waals surface area (Å²) in [7, 11) is -9.53. The number of ether oxygens (including phenoxy) is 2. The van der Waals surface area contributed by atoms with Crippen molar-refractivity contribution in [1.82, 2.24) is 4.31 Å². The molecule has 15 heteroatoms. The number of phosphoric acid groups is 1. The molecular weight excluding hydrogens is 675 g/mol. The fourth-order valence-electron chi connectivity index (χ4n) is 5.97. The van der Waals surface area contributed by atoms with Gasteiger partial charge in [-0.3, -0.25) is 18.9 Å². The predicted molar refractivity (Wildman–Crippen MR) is 178 cm³/mol. The van der Waals surface area contributed by atoms with Crippen molar-refractivity contribution in [2.75, 3.05) is 31.2 Å². The highest BCUT2D eigenvalue weighted by Crippen LogP contribution is 2.41. The summed E-state index contributed by atoms with van der Waals surface area (Å²) < 4.78 is 57.8. The Balaban J connectivity index is 1.44. The molecule has 2 amide bonds. The lowest BCUT2D eigenvalue weighted by molar-refractivity contribution is -0.151. The van der Waals surface area contributed by atoms with Crippen LogP contribution < -0.4 is 4.90 Å². The van der Waals surface area contributed by atoms with E-state index in [0.29, 0.717) is 13.0 Å². The molecule has 262 valence electrons. The lowest BCUT2D eigenvalue weighted by atomic mass is 9.90. The van der Waals surface area contributed by atoms with Gasteiger partial charge in [0.15, 0.2) is 0 Å². The first-order valence-electron chi connectivity index (χ1n) is 15.9. The van der Waals surface area contributed by atoms with Crippen LogP contribution in [0.1, 0.15) is 53.0 Å². The third kappa shape index (κ3) is 9.08. The molecule has 13 nitrogen and oxygen atoms in total. The van der Waals surface area contributed by atoms with Gasteiger partial charge >= 0.3 is 13.8 Å². The highest BCUT2D eigenvalue weighted by Gasteiger charge is 2.39. The normalized spacial score (nSPS) is 17.8. The number of hydrogen-bond acceptors (Lipinski definition) is 9. The summed E-state index contributed by atoms with van der Waals surface area (Å²) in [5.74, 6) is -2.80. The van der Waals surface area contributed by atoms with E-state index in [0.717, 1.165) is 14.8 Å². The van der Waals surface area contributed by atoms with Crippen LogP contribution in [0.4, 0.5) is 5.69 Å². The summed E-state index contributed by atoms with van der Waals surface area (Å²) in [6, 6.07) is 20.6. The average molecular weight is 715 g/mol. The minimum Gasteiger partial charge on any atom is -0.460 e. The van der Waals surface area contributed by atoms with Crippen LogP contribution in [0.5, 0.6) is 0 Å². The number of hydrogen-bond donors (Lipinski definition) is 2. The fourth-order valence-corrected chi connectivity index (χ4v) is 8.18. The van der Waals surface area contributed by atoms with Crippen LogP contribution in [0.3, 0.4) is 0 Å². The molecule has 0 aromatic heterocycles. The van der Waals surface area contributed by atoms with Gasteiger partial charge in [-0.2, -0.15) is 4.31 Å². The molecule has 1 fully saturated rings. The highest BCUT2D eigenvalue weighted by molar-refractivity contribution is 7.89. The molecule has 0 spiro atoms. The molecule has 2 aliphatic rings. The number of amides is 2. The SMILES string of the molecule is CC(C)CN(C[C@@H](OP(=O)(O)O)[C@@H](CC(=O)O[C@H]1CCOC1)Cc1ccccc1)S(=O)(=O)c1ccc(N2C(=O)c3ccccc3C2=O)cc1. The van der Waals surface area contributed by atoms with Crippen LogP contribution in [0, 0.1) is 11.8 Å². The number of carbonyl (C=O) groups is 3. The quantitative estimate of drug-likeness (QED) is 0.131. The molecule has 49 heavy (non-hydrogen) atoms. The van der Waals surface area contributed by atoms with Gasteiger partial charge in [-0.05, 0) is 54.3 Å². The minimum atomic E-state index is -5.19. The number of sulfonamides is 1. The Morgan fingerprint density at radius 3 is 2.12 bits per heavy atom. The van der Waals surface area contributed by atoms with Gasteiger partial charge in [-0.15, -0.1) is 0 Å². The molecule has 3 aromatic carbocycles. The highest BCUT2D eigenvalue weighted by atomic mass is 32.2. The van der Waals surface area contributed by atoms with Crippen molar-refractivity contribution in [3.05, 3.63) is 95.6 Å². The number of esters is 1. The summed E-state index contributed by atoms with van der Waals surface area (Å²) >= 11 is 0. The number of phosphoric ester groups is 1. The smallest absolute Gasteiger partial charge is 0.460 e. The summed E-state index contributed by atoms with van der Waals surface area (Å²) in [5.41, 5.74) is 1.41. The van der Waals surface area contributed by atoms with Gasteiger partial charge in [0, 0.05) is 25.4 Å². The summed E-state index contributed by atoms with van der Waals surface area (Å²) in [4.78, 5) is 59.8. The van der Waals surface area contributed by atoms with E-state index >= 15 is 0 Å². The molecule has 0 bridgehead atoms. The van der Waals surface area contributed by atoms with E-state index in [1.54, 1.807) is 68.4 Å². The van der Waals surface area contributed by atoms with Crippen molar-refractivity contribution in [2.45, 2.75) is 50.2 Å². The third-order valence-corrected chi connectivity index (χ3v) is 10.6.